The number of carbonyl (C=O) groups excluding carboxylic acids is 1. The van der Waals surface area contributed by atoms with Crippen LogP contribution in [-0.2, 0) is 4.74 Å². The monoisotopic (exact) mass is 359 g/mol. The molecule has 0 bridgehead atoms. The zero-order valence-corrected chi connectivity index (χ0v) is 15.2. The van der Waals surface area contributed by atoms with Gasteiger partial charge in [0.05, 0.1) is 23.8 Å². The van der Waals surface area contributed by atoms with Crippen LogP contribution in [0.5, 0.6) is 0 Å². The van der Waals surface area contributed by atoms with Crippen molar-refractivity contribution >= 4 is 23.3 Å². The van der Waals surface area contributed by atoms with Crippen LogP contribution in [0.2, 0.25) is 5.02 Å². The number of benzene rings is 1. The van der Waals surface area contributed by atoms with Crippen molar-refractivity contribution in [2.45, 2.75) is 19.9 Å². The first-order valence-electron chi connectivity index (χ1n) is 8.40. The summed E-state index contributed by atoms with van der Waals surface area (Å²) in [6, 6.07) is 10.1. The summed E-state index contributed by atoms with van der Waals surface area (Å²) < 4.78 is 5.28. The SMILES string of the molecule is Cc1ccc(C(C)Nc2ncc(C(=O)N3CCOCC3)cc2Cl)cc1. The fourth-order valence-corrected chi connectivity index (χ4v) is 2.97. The van der Waals surface area contributed by atoms with Crippen molar-refractivity contribution in [3.8, 4) is 0 Å². The molecule has 1 aliphatic heterocycles. The van der Waals surface area contributed by atoms with Gasteiger partial charge in [-0.05, 0) is 25.5 Å². The maximum atomic E-state index is 12.5. The Morgan fingerprint density at radius 2 is 1.96 bits per heavy atom. The van der Waals surface area contributed by atoms with Gasteiger partial charge in [0.25, 0.3) is 5.91 Å². The van der Waals surface area contributed by atoms with Crippen LogP contribution in [0, 0.1) is 6.92 Å². The molecule has 2 aromatic rings. The summed E-state index contributed by atoms with van der Waals surface area (Å²) >= 11 is 6.35. The Morgan fingerprint density at radius 1 is 1.28 bits per heavy atom. The Morgan fingerprint density at radius 3 is 2.60 bits per heavy atom. The highest BCUT2D eigenvalue weighted by atomic mass is 35.5. The van der Waals surface area contributed by atoms with Gasteiger partial charge in [-0.15, -0.1) is 0 Å². The molecule has 6 heteroatoms. The third-order valence-corrected chi connectivity index (χ3v) is 4.61. The second-order valence-corrected chi connectivity index (χ2v) is 6.64. The van der Waals surface area contributed by atoms with Gasteiger partial charge in [-0.25, -0.2) is 4.98 Å². The van der Waals surface area contributed by atoms with Crippen LogP contribution >= 0.6 is 11.6 Å². The van der Waals surface area contributed by atoms with Crippen molar-refractivity contribution in [3.05, 3.63) is 58.2 Å². The van der Waals surface area contributed by atoms with Gasteiger partial charge in [-0.2, -0.15) is 0 Å². The summed E-state index contributed by atoms with van der Waals surface area (Å²) in [5, 5.41) is 3.75. The number of carbonyl (C=O) groups is 1. The summed E-state index contributed by atoms with van der Waals surface area (Å²) in [7, 11) is 0. The molecule has 1 aromatic carbocycles. The van der Waals surface area contributed by atoms with E-state index < -0.39 is 0 Å². The van der Waals surface area contributed by atoms with Crippen molar-refractivity contribution in [1.29, 1.82) is 0 Å². The first-order chi connectivity index (χ1) is 12.0. The van der Waals surface area contributed by atoms with Crippen LogP contribution in [0.25, 0.3) is 0 Å². The minimum Gasteiger partial charge on any atom is -0.378 e. The zero-order valence-electron chi connectivity index (χ0n) is 14.5. The maximum absolute atomic E-state index is 12.5. The van der Waals surface area contributed by atoms with Crippen molar-refractivity contribution in [2.24, 2.45) is 0 Å². The molecule has 0 radical (unpaired) electrons. The van der Waals surface area contributed by atoms with Crippen molar-refractivity contribution in [2.75, 3.05) is 31.6 Å². The van der Waals surface area contributed by atoms with E-state index in [1.165, 1.54) is 5.56 Å². The lowest BCUT2D eigenvalue weighted by Gasteiger charge is -2.27. The fraction of sp³-hybridized carbons (Fsp3) is 0.368. The van der Waals surface area contributed by atoms with Gasteiger partial charge >= 0.3 is 0 Å². The molecule has 2 heterocycles. The third kappa shape index (κ3) is 4.30. The molecule has 3 rings (SSSR count). The Balaban J connectivity index is 1.71. The Kier molecular flexibility index (Phi) is 5.56. The van der Waals surface area contributed by atoms with Crippen LogP contribution in [0.15, 0.2) is 36.5 Å². The number of morpholine rings is 1. The fourth-order valence-electron chi connectivity index (χ4n) is 2.75. The number of halogens is 1. The predicted molar refractivity (Wildman–Crippen MR) is 99.2 cm³/mol. The molecule has 1 fully saturated rings. The minimum atomic E-state index is -0.0594. The number of nitrogens with one attached hydrogen (secondary N) is 1. The van der Waals surface area contributed by atoms with E-state index in [-0.39, 0.29) is 11.9 Å². The summed E-state index contributed by atoms with van der Waals surface area (Å²) in [5.41, 5.74) is 2.87. The lowest BCUT2D eigenvalue weighted by molar-refractivity contribution is 0.0302. The van der Waals surface area contributed by atoms with Crippen LogP contribution < -0.4 is 5.32 Å². The number of pyridine rings is 1. The molecule has 1 aliphatic rings. The van der Waals surface area contributed by atoms with Gasteiger partial charge in [0, 0.05) is 25.3 Å². The number of nitrogens with zero attached hydrogens (tertiary/aromatic N) is 2. The standard InChI is InChI=1S/C19H22ClN3O2/c1-13-3-5-15(6-4-13)14(2)22-18-17(20)11-16(12-21-18)19(24)23-7-9-25-10-8-23/h3-6,11-12,14H,7-10H2,1-2H3,(H,21,22). The van der Waals surface area contributed by atoms with E-state index in [1.807, 2.05) is 0 Å². The second-order valence-electron chi connectivity index (χ2n) is 6.24. The molecule has 1 N–H and O–H groups in total. The molecule has 0 spiro atoms. The highest BCUT2D eigenvalue weighted by Crippen LogP contribution is 2.25. The van der Waals surface area contributed by atoms with E-state index >= 15 is 0 Å². The van der Waals surface area contributed by atoms with E-state index in [2.05, 4.69) is 48.4 Å². The number of hydrogen-bond donors (Lipinski definition) is 1. The van der Waals surface area contributed by atoms with Gasteiger partial charge in [-0.1, -0.05) is 41.4 Å². The molecular weight excluding hydrogens is 338 g/mol. The van der Waals surface area contributed by atoms with E-state index in [0.717, 1.165) is 5.56 Å². The summed E-state index contributed by atoms with van der Waals surface area (Å²) in [6.07, 6.45) is 1.58. The highest BCUT2D eigenvalue weighted by molar-refractivity contribution is 6.33. The second kappa shape index (κ2) is 7.85. The van der Waals surface area contributed by atoms with E-state index in [1.54, 1.807) is 17.2 Å². The predicted octanol–water partition coefficient (Wildman–Crippen LogP) is 3.69. The van der Waals surface area contributed by atoms with Crippen LogP contribution in [0.1, 0.15) is 34.5 Å². The topological polar surface area (TPSA) is 54.5 Å². The number of aromatic nitrogens is 1. The summed E-state index contributed by atoms with van der Waals surface area (Å²) in [6.45, 7) is 6.45. The molecule has 1 saturated heterocycles. The molecule has 1 atom stereocenters. The minimum absolute atomic E-state index is 0.0594. The molecule has 25 heavy (non-hydrogen) atoms. The molecule has 0 aliphatic carbocycles. The Hall–Kier alpha value is -2.11. The van der Waals surface area contributed by atoms with E-state index in [9.17, 15) is 4.79 Å². The van der Waals surface area contributed by atoms with Gasteiger partial charge < -0.3 is 15.0 Å². The smallest absolute Gasteiger partial charge is 0.255 e. The van der Waals surface area contributed by atoms with Gasteiger partial charge in [-0.3, -0.25) is 4.79 Å². The van der Waals surface area contributed by atoms with Gasteiger partial charge in [0.15, 0.2) is 0 Å². The lowest BCUT2D eigenvalue weighted by atomic mass is 10.1. The number of anilines is 1. The number of rotatable bonds is 4. The van der Waals surface area contributed by atoms with Crippen LogP contribution in [0.3, 0.4) is 0 Å². The average Bonchev–Trinajstić information content (AvgIpc) is 2.64. The first kappa shape index (κ1) is 17.7. The zero-order chi connectivity index (χ0) is 17.8. The Labute approximate surface area is 153 Å². The molecule has 1 aromatic heterocycles. The average molecular weight is 360 g/mol. The maximum Gasteiger partial charge on any atom is 0.255 e. The van der Waals surface area contributed by atoms with E-state index in [0.29, 0.717) is 42.7 Å². The number of aryl methyl sites for hydroxylation is 1. The number of amides is 1. The van der Waals surface area contributed by atoms with E-state index in [4.69, 9.17) is 16.3 Å². The quantitative estimate of drug-likeness (QED) is 0.904. The number of ether oxygens (including phenoxy) is 1. The normalized spacial score (nSPS) is 15.7. The first-order valence-corrected chi connectivity index (χ1v) is 8.78. The highest BCUT2D eigenvalue weighted by Gasteiger charge is 2.20. The molecule has 0 saturated carbocycles. The molecular formula is C19H22ClN3O2. The van der Waals surface area contributed by atoms with Crippen LogP contribution in [-0.4, -0.2) is 42.1 Å². The largest absolute Gasteiger partial charge is 0.378 e. The summed E-state index contributed by atoms with van der Waals surface area (Å²) in [5.74, 6) is 0.518. The van der Waals surface area contributed by atoms with Crippen molar-refractivity contribution < 1.29 is 9.53 Å². The Bertz CT molecular complexity index is 743. The number of hydrogen-bond acceptors (Lipinski definition) is 4. The third-order valence-electron chi connectivity index (χ3n) is 4.32. The van der Waals surface area contributed by atoms with Gasteiger partial charge in [0.1, 0.15) is 5.82 Å². The molecule has 132 valence electrons. The molecule has 5 nitrogen and oxygen atoms in total. The van der Waals surface area contributed by atoms with Crippen molar-refractivity contribution in [3.63, 3.8) is 0 Å². The van der Waals surface area contributed by atoms with Crippen LogP contribution in [0.4, 0.5) is 5.82 Å². The lowest BCUT2D eigenvalue weighted by Crippen LogP contribution is -2.40. The molecule has 1 unspecified atom stereocenters. The summed E-state index contributed by atoms with van der Waals surface area (Å²) in [4.78, 5) is 18.6. The molecule has 1 amide bonds. The van der Waals surface area contributed by atoms with Crippen molar-refractivity contribution in [1.82, 2.24) is 9.88 Å². The van der Waals surface area contributed by atoms with Gasteiger partial charge in [0.2, 0.25) is 0 Å².